The van der Waals surface area contributed by atoms with Gasteiger partial charge in [-0.2, -0.15) is 4.98 Å². The number of carbonyl (C=O) groups excluding carboxylic acids is 1. The zero-order valence-electron chi connectivity index (χ0n) is 16.0. The quantitative estimate of drug-likeness (QED) is 0.752. The number of carbonyl (C=O) groups is 1. The summed E-state index contributed by atoms with van der Waals surface area (Å²) in [5.74, 6) is -0.285. The maximum Gasteiger partial charge on any atom is 0.310 e. The van der Waals surface area contributed by atoms with Crippen molar-refractivity contribution in [2.75, 3.05) is 30.3 Å². The number of nitrogens with zero attached hydrogens (tertiary/aromatic N) is 3. The molecular weight excluding hydrogens is 380 g/mol. The number of hydrogen-bond acceptors (Lipinski definition) is 8. The summed E-state index contributed by atoms with van der Waals surface area (Å²) >= 11 is 0. The molecule has 1 aromatic heterocycles. The molecule has 2 N–H and O–H groups in total. The van der Waals surface area contributed by atoms with Crippen molar-refractivity contribution in [3.63, 3.8) is 0 Å². The van der Waals surface area contributed by atoms with Gasteiger partial charge in [0.05, 0.1) is 23.6 Å². The molecule has 150 valence electrons. The van der Waals surface area contributed by atoms with Gasteiger partial charge in [-0.3, -0.25) is 4.79 Å². The topological polar surface area (TPSA) is 115 Å². The minimum atomic E-state index is -3.81. The van der Waals surface area contributed by atoms with Gasteiger partial charge in [-0.15, -0.1) is 0 Å². The van der Waals surface area contributed by atoms with Gasteiger partial charge in [-0.25, -0.2) is 13.4 Å². The summed E-state index contributed by atoms with van der Waals surface area (Å²) in [5, 5.41) is 0. The molecule has 1 aromatic carbocycles. The van der Waals surface area contributed by atoms with Gasteiger partial charge in [0.2, 0.25) is 15.8 Å². The largest absolute Gasteiger partial charge is 0.466 e. The molecule has 0 spiro atoms. The van der Waals surface area contributed by atoms with Gasteiger partial charge in [-0.05, 0) is 44.4 Å². The Morgan fingerprint density at radius 1 is 1.39 bits per heavy atom. The Morgan fingerprint density at radius 3 is 2.86 bits per heavy atom. The second-order valence-electron chi connectivity index (χ2n) is 6.78. The SMILES string of the molecule is CCOC(=O)[C@@H]1CCCN(c2ncc(S(=O)(=O)c3cccc(C)c3)c(N)n2)C1. The molecule has 1 aliphatic heterocycles. The standard InChI is InChI=1S/C19H24N4O4S/c1-3-27-18(24)14-7-5-9-23(12-14)19-21-11-16(17(20)22-19)28(25,26)15-8-4-6-13(2)10-15/h4,6,8,10-11,14H,3,5,7,9,12H2,1-2H3,(H2,20,21,22)/t14-/m1/s1. The van der Waals surface area contributed by atoms with E-state index >= 15 is 0 Å². The van der Waals surface area contributed by atoms with Crippen LogP contribution in [0.5, 0.6) is 0 Å². The van der Waals surface area contributed by atoms with E-state index < -0.39 is 9.84 Å². The number of aryl methyl sites for hydroxylation is 1. The molecular formula is C19H24N4O4S. The van der Waals surface area contributed by atoms with Gasteiger partial charge < -0.3 is 15.4 Å². The average Bonchev–Trinajstić information content (AvgIpc) is 2.68. The monoisotopic (exact) mass is 404 g/mol. The van der Waals surface area contributed by atoms with Crippen molar-refractivity contribution >= 4 is 27.6 Å². The smallest absolute Gasteiger partial charge is 0.310 e. The molecule has 2 aromatic rings. The number of nitrogens with two attached hydrogens (primary N) is 1. The van der Waals surface area contributed by atoms with Crippen molar-refractivity contribution < 1.29 is 17.9 Å². The highest BCUT2D eigenvalue weighted by molar-refractivity contribution is 7.91. The van der Waals surface area contributed by atoms with Crippen LogP contribution < -0.4 is 10.6 Å². The van der Waals surface area contributed by atoms with Crippen LogP contribution in [0.15, 0.2) is 40.3 Å². The number of piperidine rings is 1. The molecule has 0 saturated carbocycles. The molecule has 0 unspecified atom stereocenters. The van der Waals surface area contributed by atoms with Gasteiger partial charge in [0.15, 0.2) is 0 Å². The third-order valence-electron chi connectivity index (χ3n) is 4.68. The molecule has 0 radical (unpaired) electrons. The number of sulfone groups is 1. The van der Waals surface area contributed by atoms with Crippen molar-refractivity contribution in [1.29, 1.82) is 0 Å². The maximum atomic E-state index is 12.9. The molecule has 8 nitrogen and oxygen atoms in total. The third-order valence-corrected chi connectivity index (χ3v) is 6.45. The van der Waals surface area contributed by atoms with E-state index in [9.17, 15) is 13.2 Å². The van der Waals surface area contributed by atoms with Crippen LogP contribution in [0.25, 0.3) is 0 Å². The van der Waals surface area contributed by atoms with Crippen LogP contribution >= 0.6 is 0 Å². The van der Waals surface area contributed by atoms with Crippen LogP contribution in [-0.2, 0) is 19.4 Å². The van der Waals surface area contributed by atoms with E-state index in [1.165, 1.54) is 12.3 Å². The van der Waals surface area contributed by atoms with Gasteiger partial charge >= 0.3 is 5.97 Å². The summed E-state index contributed by atoms with van der Waals surface area (Å²) in [6, 6.07) is 6.59. The molecule has 0 bridgehead atoms. The highest BCUT2D eigenvalue weighted by atomic mass is 32.2. The van der Waals surface area contributed by atoms with Crippen LogP contribution in [0.4, 0.5) is 11.8 Å². The zero-order chi connectivity index (χ0) is 20.3. The summed E-state index contributed by atoms with van der Waals surface area (Å²) < 4.78 is 30.8. The normalized spacial score (nSPS) is 17.4. The van der Waals surface area contributed by atoms with Gasteiger partial charge in [-0.1, -0.05) is 12.1 Å². The first-order chi connectivity index (χ1) is 13.3. The number of hydrogen-bond donors (Lipinski definition) is 1. The first kappa shape index (κ1) is 20.1. The minimum Gasteiger partial charge on any atom is -0.466 e. The molecule has 1 atom stereocenters. The van der Waals surface area contributed by atoms with Gasteiger partial charge in [0.1, 0.15) is 10.7 Å². The molecule has 0 amide bonds. The summed E-state index contributed by atoms with van der Waals surface area (Å²) in [6.45, 7) is 5.01. The van der Waals surface area contributed by atoms with Crippen LogP contribution in [0.2, 0.25) is 0 Å². The molecule has 2 heterocycles. The Labute approximate surface area is 164 Å². The number of rotatable bonds is 5. The predicted octanol–water partition coefficient (Wildman–Crippen LogP) is 1.98. The van der Waals surface area contributed by atoms with Gasteiger partial charge in [0.25, 0.3) is 0 Å². The Balaban J connectivity index is 1.85. The van der Waals surface area contributed by atoms with Crippen molar-refractivity contribution in [1.82, 2.24) is 9.97 Å². The number of ether oxygens (including phenoxy) is 1. The Kier molecular flexibility index (Phi) is 5.83. The third kappa shape index (κ3) is 4.09. The highest BCUT2D eigenvalue weighted by Gasteiger charge is 2.29. The van der Waals surface area contributed by atoms with Crippen molar-refractivity contribution in [2.24, 2.45) is 5.92 Å². The van der Waals surface area contributed by atoms with Crippen LogP contribution in [0, 0.1) is 12.8 Å². The lowest BCUT2D eigenvalue weighted by Crippen LogP contribution is -2.40. The van der Waals surface area contributed by atoms with E-state index in [4.69, 9.17) is 10.5 Å². The fourth-order valence-corrected chi connectivity index (χ4v) is 4.62. The van der Waals surface area contributed by atoms with Crippen LogP contribution in [-0.4, -0.2) is 44.1 Å². The number of aromatic nitrogens is 2. The predicted molar refractivity (Wildman–Crippen MR) is 105 cm³/mol. The van der Waals surface area contributed by atoms with Crippen LogP contribution in [0.3, 0.4) is 0 Å². The fourth-order valence-electron chi connectivity index (χ4n) is 3.25. The van der Waals surface area contributed by atoms with E-state index in [1.54, 1.807) is 19.1 Å². The summed E-state index contributed by atoms with van der Waals surface area (Å²) in [4.78, 5) is 22.3. The van der Waals surface area contributed by atoms with E-state index in [0.29, 0.717) is 25.6 Å². The molecule has 1 saturated heterocycles. The van der Waals surface area contributed by atoms with Crippen molar-refractivity contribution in [3.05, 3.63) is 36.0 Å². The number of nitrogen functional groups attached to an aromatic ring is 1. The number of benzene rings is 1. The Morgan fingerprint density at radius 2 is 2.18 bits per heavy atom. The Hall–Kier alpha value is -2.68. The number of anilines is 2. The lowest BCUT2D eigenvalue weighted by molar-refractivity contribution is -0.148. The summed E-state index contributed by atoms with van der Waals surface area (Å²) in [7, 11) is -3.81. The molecule has 3 rings (SSSR count). The second-order valence-corrected chi connectivity index (χ2v) is 8.69. The first-order valence-electron chi connectivity index (χ1n) is 9.18. The van der Waals surface area contributed by atoms with Crippen molar-refractivity contribution in [3.8, 4) is 0 Å². The fraction of sp³-hybridized carbons (Fsp3) is 0.421. The number of esters is 1. The molecule has 9 heteroatoms. The summed E-state index contributed by atoms with van der Waals surface area (Å²) in [6.07, 6.45) is 2.77. The minimum absolute atomic E-state index is 0.107. The van der Waals surface area contributed by atoms with Gasteiger partial charge in [0, 0.05) is 13.1 Å². The highest BCUT2D eigenvalue weighted by Crippen LogP contribution is 2.27. The second kappa shape index (κ2) is 8.14. The van der Waals surface area contributed by atoms with Crippen molar-refractivity contribution in [2.45, 2.75) is 36.5 Å². The lowest BCUT2D eigenvalue weighted by Gasteiger charge is -2.31. The summed E-state index contributed by atoms with van der Waals surface area (Å²) in [5.41, 5.74) is 6.81. The Bertz CT molecular complexity index is 978. The van der Waals surface area contributed by atoms with E-state index in [-0.39, 0.29) is 27.5 Å². The molecule has 1 fully saturated rings. The van der Waals surface area contributed by atoms with E-state index in [2.05, 4.69) is 9.97 Å². The average molecular weight is 404 g/mol. The van der Waals surface area contributed by atoms with E-state index in [0.717, 1.165) is 18.4 Å². The van der Waals surface area contributed by atoms with Crippen LogP contribution in [0.1, 0.15) is 25.3 Å². The van der Waals surface area contributed by atoms with E-state index in [1.807, 2.05) is 17.9 Å². The maximum absolute atomic E-state index is 12.9. The first-order valence-corrected chi connectivity index (χ1v) is 10.7. The molecule has 28 heavy (non-hydrogen) atoms. The molecule has 1 aliphatic rings. The lowest BCUT2D eigenvalue weighted by atomic mass is 9.98. The molecule has 0 aliphatic carbocycles. The zero-order valence-corrected chi connectivity index (χ0v) is 16.8.